The molecule has 0 aliphatic heterocycles. The first-order valence-electron chi connectivity index (χ1n) is 7.36. The Morgan fingerprint density at radius 1 is 1.22 bits per heavy atom. The monoisotopic (exact) mass is 313 g/mol. The maximum atomic E-state index is 11.0. The van der Waals surface area contributed by atoms with Crippen molar-refractivity contribution >= 4 is 11.5 Å². The molecule has 2 rings (SSSR count). The molecule has 0 radical (unpaired) electrons. The van der Waals surface area contributed by atoms with E-state index in [0.717, 1.165) is 11.1 Å². The predicted octanol–water partition coefficient (Wildman–Crippen LogP) is 4.16. The van der Waals surface area contributed by atoms with Gasteiger partial charge in [0.2, 0.25) is 0 Å². The molecule has 0 fully saturated rings. The SMILES string of the molecule is CCC/C(=N\Nc1cc(-c2ccccc2)ccc1OC)[N+](=O)[O-]. The standard InChI is InChI=1S/C17H19N3O3/c1-3-7-17(20(21)22)19-18-15-12-14(10-11-16(15)23-2)13-8-5-4-6-9-13/h4-6,8-12,18H,3,7H2,1-2H3/b19-17+. The zero-order chi connectivity index (χ0) is 16.7. The summed E-state index contributed by atoms with van der Waals surface area (Å²) in [6.07, 6.45) is 0.962. The molecule has 1 N–H and O–H groups in total. The molecule has 0 bridgehead atoms. The van der Waals surface area contributed by atoms with E-state index in [-0.39, 0.29) is 5.84 Å². The van der Waals surface area contributed by atoms with Crippen LogP contribution in [0.1, 0.15) is 19.8 Å². The van der Waals surface area contributed by atoms with Crippen molar-refractivity contribution in [2.45, 2.75) is 19.8 Å². The number of methoxy groups -OCH3 is 1. The van der Waals surface area contributed by atoms with Gasteiger partial charge >= 0.3 is 5.84 Å². The predicted molar refractivity (Wildman–Crippen MR) is 91.4 cm³/mol. The van der Waals surface area contributed by atoms with Gasteiger partial charge in [-0.1, -0.05) is 43.3 Å². The molecule has 0 amide bonds. The van der Waals surface area contributed by atoms with Gasteiger partial charge in [-0.25, -0.2) is 0 Å². The molecular weight excluding hydrogens is 294 g/mol. The fourth-order valence-electron chi connectivity index (χ4n) is 2.14. The Bertz CT molecular complexity index is 699. The minimum atomic E-state index is -0.468. The number of hydrazone groups is 1. The molecule has 2 aromatic rings. The van der Waals surface area contributed by atoms with E-state index in [1.807, 2.05) is 55.5 Å². The summed E-state index contributed by atoms with van der Waals surface area (Å²) >= 11 is 0. The molecule has 0 aromatic heterocycles. The quantitative estimate of drug-likeness (QED) is 0.376. The van der Waals surface area contributed by atoms with Gasteiger partial charge in [0, 0.05) is 0 Å². The minimum Gasteiger partial charge on any atom is -0.494 e. The number of benzene rings is 2. The van der Waals surface area contributed by atoms with E-state index in [4.69, 9.17) is 4.74 Å². The first kappa shape index (κ1) is 16.5. The number of nitro groups is 1. The van der Waals surface area contributed by atoms with E-state index in [2.05, 4.69) is 10.5 Å². The lowest BCUT2D eigenvalue weighted by Gasteiger charge is -2.08. The molecular formula is C17H19N3O3. The number of hydrogen-bond donors (Lipinski definition) is 1. The van der Waals surface area contributed by atoms with Crippen LogP contribution in [0.15, 0.2) is 53.6 Å². The van der Waals surface area contributed by atoms with E-state index < -0.39 is 4.92 Å². The largest absolute Gasteiger partial charge is 0.494 e. The van der Waals surface area contributed by atoms with Crippen molar-refractivity contribution in [3.8, 4) is 16.9 Å². The number of nitrogens with zero attached hydrogens (tertiary/aromatic N) is 2. The summed E-state index contributed by atoms with van der Waals surface area (Å²) in [5.74, 6) is 0.479. The highest BCUT2D eigenvalue weighted by atomic mass is 16.6. The third-order valence-corrected chi connectivity index (χ3v) is 3.30. The Morgan fingerprint density at radius 2 is 1.96 bits per heavy atom. The van der Waals surface area contributed by atoms with E-state index in [9.17, 15) is 10.1 Å². The molecule has 0 spiro atoms. The van der Waals surface area contributed by atoms with Crippen LogP contribution in [0.4, 0.5) is 5.69 Å². The molecule has 0 saturated carbocycles. The van der Waals surface area contributed by atoms with Gasteiger partial charge in [0.25, 0.3) is 0 Å². The minimum absolute atomic E-state index is 0.0975. The number of amidine groups is 1. The van der Waals surface area contributed by atoms with Gasteiger partial charge in [-0.15, -0.1) is 0 Å². The van der Waals surface area contributed by atoms with E-state index in [1.165, 1.54) is 0 Å². The average molecular weight is 313 g/mol. The Kier molecular flexibility index (Phi) is 5.68. The van der Waals surface area contributed by atoms with Crippen molar-refractivity contribution in [1.82, 2.24) is 0 Å². The molecule has 0 aliphatic rings. The molecule has 23 heavy (non-hydrogen) atoms. The number of nitrogens with one attached hydrogen (secondary N) is 1. The van der Waals surface area contributed by atoms with Crippen LogP contribution in [-0.2, 0) is 0 Å². The summed E-state index contributed by atoms with van der Waals surface area (Å²) in [5, 5.41) is 14.9. The first-order chi connectivity index (χ1) is 11.2. The summed E-state index contributed by atoms with van der Waals surface area (Å²) in [6.45, 7) is 1.87. The first-order valence-corrected chi connectivity index (χ1v) is 7.36. The van der Waals surface area contributed by atoms with Crippen molar-refractivity contribution in [2.75, 3.05) is 12.5 Å². The van der Waals surface area contributed by atoms with E-state index in [0.29, 0.717) is 24.3 Å². The third-order valence-electron chi connectivity index (χ3n) is 3.30. The molecule has 0 atom stereocenters. The molecule has 0 aliphatic carbocycles. The van der Waals surface area contributed by atoms with Crippen molar-refractivity contribution in [2.24, 2.45) is 5.10 Å². The van der Waals surface area contributed by atoms with Crippen LogP contribution in [0, 0.1) is 10.1 Å². The van der Waals surface area contributed by atoms with Crippen LogP contribution in [0.25, 0.3) is 11.1 Å². The number of rotatable bonds is 6. The summed E-state index contributed by atoms with van der Waals surface area (Å²) in [6, 6.07) is 15.5. The Morgan fingerprint density at radius 3 is 2.57 bits per heavy atom. The lowest BCUT2D eigenvalue weighted by molar-refractivity contribution is -0.353. The van der Waals surface area contributed by atoms with Crippen LogP contribution in [0.3, 0.4) is 0 Å². The summed E-state index contributed by atoms with van der Waals surface area (Å²) in [4.78, 5) is 10.5. The zero-order valence-corrected chi connectivity index (χ0v) is 13.2. The highest BCUT2D eigenvalue weighted by Crippen LogP contribution is 2.30. The highest BCUT2D eigenvalue weighted by molar-refractivity contribution is 5.76. The maximum absolute atomic E-state index is 11.0. The fourth-order valence-corrected chi connectivity index (χ4v) is 2.14. The average Bonchev–Trinajstić information content (AvgIpc) is 2.58. The van der Waals surface area contributed by atoms with E-state index >= 15 is 0 Å². The van der Waals surface area contributed by atoms with Crippen molar-refractivity contribution in [3.63, 3.8) is 0 Å². The highest BCUT2D eigenvalue weighted by Gasteiger charge is 2.13. The molecule has 120 valence electrons. The van der Waals surface area contributed by atoms with Crippen LogP contribution >= 0.6 is 0 Å². The lowest BCUT2D eigenvalue weighted by Crippen LogP contribution is -2.13. The van der Waals surface area contributed by atoms with Crippen molar-refractivity contribution in [1.29, 1.82) is 0 Å². The van der Waals surface area contributed by atoms with Gasteiger partial charge in [0.05, 0.1) is 18.6 Å². The number of ether oxygens (including phenoxy) is 1. The van der Waals surface area contributed by atoms with Gasteiger partial charge in [0.1, 0.15) is 11.4 Å². The van der Waals surface area contributed by atoms with Crippen LogP contribution in [-0.4, -0.2) is 17.9 Å². The Hall–Kier alpha value is -2.89. The smallest absolute Gasteiger partial charge is 0.363 e. The number of hydrogen-bond acceptors (Lipinski definition) is 5. The van der Waals surface area contributed by atoms with Gasteiger partial charge in [0.15, 0.2) is 0 Å². The van der Waals surface area contributed by atoms with Gasteiger partial charge in [-0.05, 0) is 34.6 Å². The van der Waals surface area contributed by atoms with Crippen LogP contribution in [0.2, 0.25) is 0 Å². The Labute approximate surface area is 134 Å². The summed E-state index contributed by atoms with van der Waals surface area (Å²) < 4.78 is 5.29. The second kappa shape index (κ2) is 7.93. The van der Waals surface area contributed by atoms with Gasteiger partial charge in [-0.3, -0.25) is 0 Å². The number of anilines is 1. The molecule has 6 nitrogen and oxygen atoms in total. The topological polar surface area (TPSA) is 76.8 Å². The van der Waals surface area contributed by atoms with Crippen molar-refractivity contribution < 1.29 is 9.66 Å². The van der Waals surface area contributed by atoms with Crippen molar-refractivity contribution in [3.05, 3.63) is 58.6 Å². The van der Waals surface area contributed by atoms with E-state index in [1.54, 1.807) is 7.11 Å². The normalized spacial score (nSPS) is 11.1. The van der Waals surface area contributed by atoms with Crippen LogP contribution in [0.5, 0.6) is 5.75 Å². The molecule has 0 saturated heterocycles. The zero-order valence-electron chi connectivity index (χ0n) is 13.2. The third kappa shape index (κ3) is 4.29. The van der Waals surface area contributed by atoms with Crippen LogP contribution < -0.4 is 10.2 Å². The molecule has 6 heteroatoms. The fraction of sp³-hybridized carbons (Fsp3) is 0.235. The maximum Gasteiger partial charge on any atom is 0.363 e. The molecule has 0 heterocycles. The second-order valence-corrected chi connectivity index (χ2v) is 4.93. The Balaban J connectivity index is 2.33. The summed E-state index contributed by atoms with van der Waals surface area (Å²) in [5.41, 5.74) is 5.37. The lowest BCUT2D eigenvalue weighted by atomic mass is 10.1. The summed E-state index contributed by atoms with van der Waals surface area (Å²) in [7, 11) is 1.55. The molecule has 0 unspecified atom stereocenters. The second-order valence-electron chi connectivity index (χ2n) is 4.93. The molecule has 2 aromatic carbocycles. The van der Waals surface area contributed by atoms with Gasteiger partial charge in [-0.2, -0.15) is 5.43 Å². The van der Waals surface area contributed by atoms with Gasteiger partial charge < -0.3 is 14.9 Å².